The van der Waals surface area contributed by atoms with Gasteiger partial charge in [-0.2, -0.15) is 0 Å². The fourth-order valence-electron chi connectivity index (χ4n) is 1.47. The number of nitrogens with one attached hydrogen (secondary N) is 1. The van der Waals surface area contributed by atoms with E-state index in [0.29, 0.717) is 18.7 Å². The summed E-state index contributed by atoms with van der Waals surface area (Å²) in [5.41, 5.74) is 6.01. The van der Waals surface area contributed by atoms with Crippen molar-refractivity contribution in [2.24, 2.45) is 11.7 Å². The van der Waals surface area contributed by atoms with Gasteiger partial charge < -0.3 is 16.2 Å². The zero-order chi connectivity index (χ0) is 14.3. The number of nitrogens with two attached hydrogens (primary N) is 1. The highest BCUT2D eigenvalue weighted by atomic mass is 16.4. The molecule has 1 unspecified atom stereocenters. The summed E-state index contributed by atoms with van der Waals surface area (Å²) in [6.07, 6.45) is 2.27. The first-order valence-corrected chi connectivity index (χ1v) is 6.08. The summed E-state index contributed by atoms with van der Waals surface area (Å²) in [6.45, 7) is 2.71. The Hall–Kier alpha value is -1.96. The maximum absolute atomic E-state index is 11.6. The van der Waals surface area contributed by atoms with E-state index in [4.69, 9.17) is 10.8 Å². The van der Waals surface area contributed by atoms with Crippen LogP contribution >= 0.6 is 0 Å². The Morgan fingerprint density at radius 2 is 2.32 bits per heavy atom. The molecule has 106 valence electrons. The Kier molecular flexibility index (Phi) is 5.94. The molecule has 1 aromatic rings. The van der Waals surface area contributed by atoms with Gasteiger partial charge in [-0.15, -0.1) is 5.10 Å². The van der Waals surface area contributed by atoms with Gasteiger partial charge in [-0.3, -0.25) is 9.59 Å². The number of amides is 1. The van der Waals surface area contributed by atoms with Crippen molar-refractivity contribution in [3.05, 3.63) is 11.9 Å². The van der Waals surface area contributed by atoms with Gasteiger partial charge in [0.05, 0.1) is 11.9 Å². The van der Waals surface area contributed by atoms with Gasteiger partial charge in [-0.05, 0) is 12.3 Å². The van der Waals surface area contributed by atoms with Crippen LogP contribution in [0, 0.1) is 5.92 Å². The molecule has 0 saturated carbocycles. The third kappa shape index (κ3) is 5.96. The van der Waals surface area contributed by atoms with E-state index < -0.39 is 5.97 Å². The van der Waals surface area contributed by atoms with Gasteiger partial charge >= 0.3 is 5.97 Å². The highest BCUT2D eigenvalue weighted by Gasteiger charge is 2.09. The molecule has 0 aliphatic heterocycles. The largest absolute Gasteiger partial charge is 0.481 e. The van der Waals surface area contributed by atoms with E-state index in [0.717, 1.165) is 0 Å². The topological polar surface area (TPSA) is 123 Å². The summed E-state index contributed by atoms with van der Waals surface area (Å²) in [4.78, 5) is 22.0. The van der Waals surface area contributed by atoms with Crippen LogP contribution in [0.5, 0.6) is 0 Å². The molecule has 0 fully saturated rings. The zero-order valence-corrected chi connectivity index (χ0v) is 10.9. The highest BCUT2D eigenvalue weighted by Crippen LogP contribution is 2.03. The number of rotatable bonds is 8. The second kappa shape index (κ2) is 7.47. The summed E-state index contributed by atoms with van der Waals surface area (Å²) in [6, 6.07) is 0. The average molecular weight is 269 g/mol. The van der Waals surface area contributed by atoms with Crippen molar-refractivity contribution in [2.75, 3.05) is 6.54 Å². The van der Waals surface area contributed by atoms with Gasteiger partial charge in [-0.25, -0.2) is 4.68 Å². The lowest BCUT2D eigenvalue weighted by atomic mass is 10.1. The molecular weight excluding hydrogens is 250 g/mol. The number of aliphatic carboxylic acids is 1. The summed E-state index contributed by atoms with van der Waals surface area (Å²) < 4.78 is 1.42. The number of hydrogen-bond acceptors (Lipinski definition) is 5. The molecule has 1 amide bonds. The van der Waals surface area contributed by atoms with E-state index in [2.05, 4.69) is 15.6 Å². The van der Waals surface area contributed by atoms with Crippen LogP contribution in [-0.4, -0.2) is 38.5 Å². The van der Waals surface area contributed by atoms with Crippen molar-refractivity contribution in [2.45, 2.75) is 32.9 Å². The molecule has 0 spiro atoms. The molecule has 0 aliphatic carbocycles. The zero-order valence-electron chi connectivity index (χ0n) is 10.9. The van der Waals surface area contributed by atoms with E-state index in [1.165, 1.54) is 4.68 Å². The molecule has 1 atom stereocenters. The molecule has 0 radical (unpaired) electrons. The minimum Gasteiger partial charge on any atom is -0.481 e. The molecule has 1 heterocycles. The maximum atomic E-state index is 11.6. The minimum absolute atomic E-state index is 0.0820. The number of aromatic nitrogens is 3. The average Bonchev–Trinajstić information content (AvgIpc) is 2.81. The molecule has 8 heteroatoms. The molecule has 8 nitrogen and oxygen atoms in total. The summed E-state index contributed by atoms with van der Waals surface area (Å²) in [5, 5.41) is 18.8. The fourth-order valence-corrected chi connectivity index (χ4v) is 1.47. The van der Waals surface area contributed by atoms with Crippen molar-refractivity contribution in [3.63, 3.8) is 0 Å². The lowest BCUT2D eigenvalue weighted by Crippen LogP contribution is -2.31. The van der Waals surface area contributed by atoms with Crippen molar-refractivity contribution >= 4 is 11.9 Å². The molecule has 1 aromatic heterocycles. The number of hydrogen-bond donors (Lipinski definition) is 3. The van der Waals surface area contributed by atoms with Gasteiger partial charge in [0, 0.05) is 19.5 Å². The predicted octanol–water partition coefficient (Wildman–Crippen LogP) is -0.646. The molecule has 0 aliphatic rings. The fraction of sp³-hybridized carbons (Fsp3) is 0.636. The lowest BCUT2D eigenvalue weighted by molar-refractivity contribution is -0.137. The smallest absolute Gasteiger partial charge is 0.303 e. The summed E-state index contributed by atoms with van der Waals surface area (Å²) in [5.74, 6) is -0.888. The van der Waals surface area contributed by atoms with Crippen molar-refractivity contribution in [1.82, 2.24) is 20.3 Å². The number of carboxylic acid groups (broad SMARTS) is 1. The SMILES string of the molecule is CC(CCC(=O)O)CNC(=O)Cn1cc(CN)nn1. The van der Waals surface area contributed by atoms with Crippen LogP contribution in [0.15, 0.2) is 6.20 Å². The first-order chi connectivity index (χ1) is 9.01. The minimum atomic E-state index is -0.824. The number of carboxylic acids is 1. The quantitative estimate of drug-likeness (QED) is 0.576. The standard InChI is InChI=1S/C11H19N5O3/c1-8(2-3-11(18)19)5-13-10(17)7-16-6-9(4-12)14-15-16/h6,8H,2-5,7,12H2,1H3,(H,13,17)(H,18,19). The predicted molar refractivity (Wildman–Crippen MR) is 67.0 cm³/mol. The molecule has 0 saturated heterocycles. The van der Waals surface area contributed by atoms with Crippen molar-refractivity contribution in [1.29, 1.82) is 0 Å². The van der Waals surface area contributed by atoms with Crippen LogP contribution in [0.3, 0.4) is 0 Å². The normalized spacial score (nSPS) is 12.1. The van der Waals surface area contributed by atoms with Gasteiger partial charge in [0.2, 0.25) is 5.91 Å². The molecule has 4 N–H and O–H groups in total. The van der Waals surface area contributed by atoms with Crippen LogP contribution in [0.25, 0.3) is 0 Å². The molecule has 19 heavy (non-hydrogen) atoms. The lowest BCUT2D eigenvalue weighted by Gasteiger charge is -2.11. The second-order valence-electron chi connectivity index (χ2n) is 4.45. The monoisotopic (exact) mass is 269 g/mol. The molecular formula is C11H19N5O3. The number of nitrogens with zero attached hydrogens (tertiary/aromatic N) is 3. The molecule has 1 rings (SSSR count). The Morgan fingerprint density at radius 1 is 1.58 bits per heavy atom. The third-order valence-electron chi connectivity index (χ3n) is 2.60. The van der Waals surface area contributed by atoms with E-state index in [-0.39, 0.29) is 31.3 Å². The van der Waals surface area contributed by atoms with Gasteiger partial charge in [-0.1, -0.05) is 12.1 Å². The van der Waals surface area contributed by atoms with Crippen LogP contribution in [0.1, 0.15) is 25.5 Å². The number of carbonyl (C=O) groups excluding carboxylic acids is 1. The maximum Gasteiger partial charge on any atom is 0.303 e. The Balaban J connectivity index is 2.25. The molecule has 0 aromatic carbocycles. The van der Waals surface area contributed by atoms with E-state index in [9.17, 15) is 9.59 Å². The Bertz CT molecular complexity index is 432. The Labute approximate surface area is 111 Å². The van der Waals surface area contributed by atoms with Gasteiger partial charge in [0.1, 0.15) is 6.54 Å². The van der Waals surface area contributed by atoms with E-state index in [1.54, 1.807) is 6.20 Å². The van der Waals surface area contributed by atoms with E-state index in [1.807, 2.05) is 6.92 Å². The van der Waals surface area contributed by atoms with Crippen molar-refractivity contribution in [3.8, 4) is 0 Å². The van der Waals surface area contributed by atoms with Crippen molar-refractivity contribution < 1.29 is 14.7 Å². The van der Waals surface area contributed by atoms with Gasteiger partial charge in [0.25, 0.3) is 0 Å². The van der Waals surface area contributed by atoms with E-state index >= 15 is 0 Å². The van der Waals surface area contributed by atoms with Crippen LogP contribution in [-0.2, 0) is 22.7 Å². The highest BCUT2D eigenvalue weighted by molar-refractivity contribution is 5.75. The summed E-state index contributed by atoms with van der Waals surface area (Å²) in [7, 11) is 0. The van der Waals surface area contributed by atoms with Crippen LogP contribution in [0.4, 0.5) is 0 Å². The number of carbonyl (C=O) groups is 2. The first-order valence-electron chi connectivity index (χ1n) is 6.08. The summed E-state index contributed by atoms with van der Waals surface area (Å²) >= 11 is 0. The Morgan fingerprint density at radius 3 is 2.89 bits per heavy atom. The first kappa shape index (κ1) is 15.1. The van der Waals surface area contributed by atoms with Gasteiger partial charge in [0.15, 0.2) is 0 Å². The third-order valence-corrected chi connectivity index (χ3v) is 2.60. The molecule has 0 bridgehead atoms. The van der Waals surface area contributed by atoms with Crippen LogP contribution in [0.2, 0.25) is 0 Å². The van der Waals surface area contributed by atoms with Crippen LogP contribution < -0.4 is 11.1 Å². The second-order valence-corrected chi connectivity index (χ2v) is 4.45.